The van der Waals surface area contributed by atoms with Crippen molar-refractivity contribution in [2.75, 3.05) is 39.9 Å². The molecule has 1 aromatic carbocycles. The van der Waals surface area contributed by atoms with Crippen LogP contribution in [0.5, 0.6) is 5.75 Å². The Hall–Kier alpha value is -1.59. The first-order chi connectivity index (χ1) is 10.3. The lowest BCUT2D eigenvalue weighted by Gasteiger charge is -2.28. The van der Waals surface area contributed by atoms with Crippen LogP contribution < -0.4 is 10.1 Å². The highest BCUT2D eigenvalue weighted by molar-refractivity contribution is 5.77. The molecular weight excluding hydrogens is 268 g/mol. The second kappa shape index (κ2) is 8.00. The molecule has 0 aliphatic carbocycles. The van der Waals surface area contributed by atoms with Gasteiger partial charge >= 0.3 is 5.97 Å². The van der Waals surface area contributed by atoms with E-state index in [2.05, 4.69) is 10.2 Å². The van der Waals surface area contributed by atoms with E-state index in [1.165, 1.54) is 7.11 Å². The summed E-state index contributed by atoms with van der Waals surface area (Å²) in [6, 6.07) is 7.37. The number of ether oxygens (including phenoxy) is 2. The third-order valence-corrected chi connectivity index (χ3v) is 3.67. The van der Waals surface area contributed by atoms with Gasteiger partial charge in [0.15, 0.2) is 0 Å². The molecule has 1 aliphatic rings. The Labute approximate surface area is 126 Å². The fourth-order valence-corrected chi connectivity index (χ4v) is 2.65. The van der Waals surface area contributed by atoms with Gasteiger partial charge in [-0.2, -0.15) is 0 Å². The topological polar surface area (TPSA) is 50.8 Å². The quantitative estimate of drug-likeness (QED) is 0.835. The van der Waals surface area contributed by atoms with Gasteiger partial charge in [0.05, 0.1) is 13.7 Å². The molecule has 2 rings (SSSR count). The molecule has 0 radical (unpaired) electrons. The van der Waals surface area contributed by atoms with Crippen LogP contribution in [0, 0.1) is 0 Å². The van der Waals surface area contributed by atoms with Crippen molar-refractivity contribution >= 4 is 5.97 Å². The first-order valence-electron chi connectivity index (χ1n) is 7.51. The van der Waals surface area contributed by atoms with Gasteiger partial charge < -0.3 is 14.8 Å². The fourth-order valence-electron chi connectivity index (χ4n) is 2.65. The van der Waals surface area contributed by atoms with Gasteiger partial charge in [0, 0.05) is 19.6 Å². The summed E-state index contributed by atoms with van der Waals surface area (Å²) in [5, 5.41) is 3.35. The highest BCUT2D eigenvalue weighted by Crippen LogP contribution is 2.25. The SMILES string of the molecule is CCOc1ccc(C(C(=O)OC)N2CCCNCC2)cc1. The van der Waals surface area contributed by atoms with E-state index in [1.807, 2.05) is 31.2 Å². The van der Waals surface area contributed by atoms with E-state index in [0.717, 1.165) is 43.9 Å². The molecular formula is C16H24N2O3. The maximum Gasteiger partial charge on any atom is 0.327 e. The van der Waals surface area contributed by atoms with E-state index in [4.69, 9.17) is 9.47 Å². The van der Waals surface area contributed by atoms with Crippen molar-refractivity contribution in [3.8, 4) is 5.75 Å². The molecule has 1 aromatic rings. The molecule has 0 spiro atoms. The maximum atomic E-state index is 12.2. The summed E-state index contributed by atoms with van der Waals surface area (Å²) < 4.78 is 10.5. The minimum Gasteiger partial charge on any atom is -0.494 e. The van der Waals surface area contributed by atoms with Gasteiger partial charge in [-0.05, 0) is 37.6 Å². The second-order valence-corrected chi connectivity index (χ2v) is 5.07. The van der Waals surface area contributed by atoms with Crippen LogP contribution in [0.1, 0.15) is 24.9 Å². The van der Waals surface area contributed by atoms with Crippen LogP contribution >= 0.6 is 0 Å². The smallest absolute Gasteiger partial charge is 0.327 e. The molecule has 1 aliphatic heterocycles. The Morgan fingerprint density at radius 3 is 2.71 bits per heavy atom. The standard InChI is InChI=1S/C16H24N2O3/c1-3-21-14-7-5-13(6-8-14)15(16(19)20-2)18-11-4-9-17-10-12-18/h5-8,15,17H,3-4,9-12H2,1-2H3. The van der Waals surface area contributed by atoms with Crippen molar-refractivity contribution in [2.24, 2.45) is 0 Å². The Balaban J connectivity index is 2.20. The van der Waals surface area contributed by atoms with Gasteiger partial charge in [-0.1, -0.05) is 12.1 Å². The van der Waals surface area contributed by atoms with E-state index in [0.29, 0.717) is 6.61 Å². The molecule has 1 unspecified atom stereocenters. The minimum absolute atomic E-state index is 0.207. The number of esters is 1. The number of nitrogens with zero attached hydrogens (tertiary/aromatic N) is 1. The zero-order valence-electron chi connectivity index (χ0n) is 12.8. The Morgan fingerprint density at radius 2 is 2.05 bits per heavy atom. The van der Waals surface area contributed by atoms with E-state index >= 15 is 0 Å². The van der Waals surface area contributed by atoms with Crippen molar-refractivity contribution < 1.29 is 14.3 Å². The average molecular weight is 292 g/mol. The molecule has 1 fully saturated rings. The zero-order chi connectivity index (χ0) is 15.1. The monoisotopic (exact) mass is 292 g/mol. The lowest BCUT2D eigenvalue weighted by atomic mass is 10.0. The third-order valence-electron chi connectivity index (χ3n) is 3.67. The maximum absolute atomic E-state index is 12.2. The van der Waals surface area contributed by atoms with Gasteiger partial charge in [-0.15, -0.1) is 0 Å². The fraction of sp³-hybridized carbons (Fsp3) is 0.562. The summed E-state index contributed by atoms with van der Waals surface area (Å²) in [5.74, 6) is 0.614. The molecule has 0 aromatic heterocycles. The van der Waals surface area contributed by atoms with Gasteiger partial charge in [0.25, 0.3) is 0 Å². The highest BCUT2D eigenvalue weighted by Gasteiger charge is 2.28. The Kier molecular flexibility index (Phi) is 6.02. The summed E-state index contributed by atoms with van der Waals surface area (Å²) in [5.41, 5.74) is 0.951. The molecule has 0 saturated carbocycles. The van der Waals surface area contributed by atoms with E-state index in [9.17, 15) is 4.79 Å². The van der Waals surface area contributed by atoms with Crippen LogP contribution in [0.25, 0.3) is 0 Å². The normalized spacial score (nSPS) is 17.8. The third kappa shape index (κ3) is 4.19. The van der Waals surface area contributed by atoms with Crippen molar-refractivity contribution in [1.29, 1.82) is 0 Å². The molecule has 5 nitrogen and oxygen atoms in total. The number of benzene rings is 1. The molecule has 0 amide bonds. The van der Waals surface area contributed by atoms with E-state index < -0.39 is 0 Å². The molecule has 1 heterocycles. The molecule has 1 saturated heterocycles. The van der Waals surface area contributed by atoms with Gasteiger partial charge in [-0.3, -0.25) is 4.90 Å². The molecule has 21 heavy (non-hydrogen) atoms. The molecule has 1 N–H and O–H groups in total. The molecule has 0 bridgehead atoms. The number of carbonyl (C=O) groups is 1. The van der Waals surface area contributed by atoms with Crippen LogP contribution in [0.2, 0.25) is 0 Å². The van der Waals surface area contributed by atoms with Gasteiger partial charge in [0.2, 0.25) is 0 Å². The lowest BCUT2D eigenvalue weighted by Crippen LogP contribution is -2.37. The minimum atomic E-state index is -0.342. The predicted molar refractivity (Wildman–Crippen MR) is 81.4 cm³/mol. The molecule has 5 heteroatoms. The predicted octanol–water partition coefficient (Wildman–Crippen LogP) is 1.59. The summed E-state index contributed by atoms with van der Waals surface area (Å²) in [4.78, 5) is 14.4. The van der Waals surface area contributed by atoms with Crippen molar-refractivity contribution in [3.63, 3.8) is 0 Å². The van der Waals surface area contributed by atoms with Crippen molar-refractivity contribution in [3.05, 3.63) is 29.8 Å². The number of nitrogens with one attached hydrogen (secondary N) is 1. The van der Waals surface area contributed by atoms with E-state index in [1.54, 1.807) is 0 Å². The lowest BCUT2D eigenvalue weighted by molar-refractivity contribution is -0.147. The Bertz CT molecular complexity index is 439. The first-order valence-corrected chi connectivity index (χ1v) is 7.51. The number of hydrogen-bond acceptors (Lipinski definition) is 5. The number of rotatable bonds is 5. The van der Waals surface area contributed by atoms with Crippen molar-refractivity contribution in [2.45, 2.75) is 19.4 Å². The summed E-state index contributed by atoms with van der Waals surface area (Å²) in [7, 11) is 1.44. The number of carbonyl (C=O) groups excluding carboxylic acids is 1. The summed E-state index contributed by atoms with van der Waals surface area (Å²) in [6.45, 7) is 6.21. The molecule has 1 atom stereocenters. The van der Waals surface area contributed by atoms with Crippen LogP contribution in [0.4, 0.5) is 0 Å². The summed E-state index contributed by atoms with van der Waals surface area (Å²) in [6.07, 6.45) is 1.03. The molecule has 116 valence electrons. The number of methoxy groups -OCH3 is 1. The van der Waals surface area contributed by atoms with Crippen LogP contribution in [0.15, 0.2) is 24.3 Å². The Morgan fingerprint density at radius 1 is 1.29 bits per heavy atom. The summed E-state index contributed by atoms with van der Waals surface area (Å²) >= 11 is 0. The van der Waals surface area contributed by atoms with E-state index in [-0.39, 0.29) is 12.0 Å². The second-order valence-electron chi connectivity index (χ2n) is 5.07. The first kappa shape index (κ1) is 15.8. The van der Waals surface area contributed by atoms with Crippen molar-refractivity contribution in [1.82, 2.24) is 10.2 Å². The average Bonchev–Trinajstić information content (AvgIpc) is 2.78. The largest absolute Gasteiger partial charge is 0.494 e. The van der Waals surface area contributed by atoms with Crippen LogP contribution in [-0.2, 0) is 9.53 Å². The zero-order valence-corrected chi connectivity index (χ0v) is 12.8. The van der Waals surface area contributed by atoms with Gasteiger partial charge in [-0.25, -0.2) is 4.79 Å². The van der Waals surface area contributed by atoms with Gasteiger partial charge in [0.1, 0.15) is 11.8 Å². The van der Waals surface area contributed by atoms with Crippen LogP contribution in [-0.4, -0.2) is 50.8 Å². The number of hydrogen-bond donors (Lipinski definition) is 1. The van der Waals surface area contributed by atoms with Crippen LogP contribution in [0.3, 0.4) is 0 Å². The highest BCUT2D eigenvalue weighted by atomic mass is 16.5.